The third kappa shape index (κ3) is 6.67. The van der Waals surface area contributed by atoms with Gasteiger partial charge in [0, 0.05) is 11.3 Å². The average Bonchev–Trinajstić information content (AvgIpc) is 2.59. The van der Waals surface area contributed by atoms with Crippen LogP contribution in [0.25, 0.3) is 0 Å². The fourth-order valence-electron chi connectivity index (χ4n) is 2.15. The zero-order chi connectivity index (χ0) is 13.8. The van der Waals surface area contributed by atoms with E-state index in [-0.39, 0.29) is 0 Å². The van der Waals surface area contributed by atoms with E-state index in [1.54, 1.807) is 0 Å². The topological polar surface area (TPSA) is 24.4 Å². The molecule has 0 saturated carbocycles. The molecule has 0 saturated heterocycles. The van der Waals surface area contributed by atoms with Gasteiger partial charge in [-0.05, 0) is 37.5 Å². The van der Waals surface area contributed by atoms with Gasteiger partial charge in [-0.15, -0.1) is 0 Å². The van der Waals surface area contributed by atoms with E-state index in [0.717, 1.165) is 12.5 Å². The van der Waals surface area contributed by atoms with Gasteiger partial charge >= 0.3 is 0 Å². The molecule has 1 rings (SSSR count). The minimum atomic E-state index is 0.409. The summed E-state index contributed by atoms with van der Waals surface area (Å²) in [4.78, 5) is 4.64. The van der Waals surface area contributed by atoms with Crippen LogP contribution in [0.5, 0.6) is 0 Å². The summed E-state index contributed by atoms with van der Waals surface area (Å²) in [5.74, 6) is 0.793. The van der Waals surface area contributed by atoms with Crippen molar-refractivity contribution in [3.05, 3.63) is 0 Å². The molecule has 0 aromatic heterocycles. The molecule has 0 bridgehead atoms. The molecule has 2 atom stereocenters. The molecule has 0 spiro atoms. The summed E-state index contributed by atoms with van der Waals surface area (Å²) in [6.45, 7) is 14.8. The van der Waals surface area contributed by atoms with Crippen LogP contribution >= 0.6 is 11.8 Å². The quantitative estimate of drug-likeness (QED) is 0.805. The highest BCUT2D eigenvalue weighted by Crippen LogP contribution is 2.31. The Labute approximate surface area is 117 Å². The number of nitrogens with zero attached hydrogens (tertiary/aromatic N) is 1. The van der Waals surface area contributed by atoms with E-state index in [0.29, 0.717) is 16.7 Å². The van der Waals surface area contributed by atoms with Crippen molar-refractivity contribution in [3.63, 3.8) is 0 Å². The van der Waals surface area contributed by atoms with Gasteiger partial charge < -0.3 is 5.32 Å². The van der Waals surface area contributed by atoms with Gasteiger partial charge in [-0.3, -0.25) is 4.99 Å². The van der Waals surface area contributed by atoms with Crippen molar-refractivity contribution in [3.8, 4) is 0 Å². The van der Waals surface area contributed by atoms with Crippen LogP contribution in [0.3, 0.4) is 0 Å². The summed E-state index contributed by atoms with van der Waals surface area (Å²) in [7, 11) is 0. The van der Waals surface area contributed by atoms with Crippen LogP contribution in [0.15, 0.2) is 4.99 Å². The van der Waals surface area contributed by atoms with Gasteiger partial charge in [-0.1, -0.05) is 46.4 Å². The Kier molecular flexibility index (Phi) is 6.03. The van der Waals surface area contributed by atoms with E-state index in [9.17, 15) is 0 Å². The Balaban J connectivity index is 2.25. The van der Waals surface area contributed by atoms with Gasteiger partial charge in [-0.2, -0.15) is 0 Å². The predicted molar refractivity (Wildman–Crippen MR) is 84.4 cm³/mol. The second-order valence-electron chi connectivity index (χ2n) is 7.17. The van der Waals surface area contributed by atoms with Crippen LogP contribution < -0.4 is 5.32 Å². The molecule has 1 heterocycles. The monoisotopic (exact) mass is 270 g/mol. The summed E-state index contributed by atoms with van der Waals surface area (Å²) in [6, 6.07) is 0.548. The summed E-state index contributed by atoms with van der Waals surface area (Å²) in [5, 5.41) is 5.40. The van der Waals surface area contributed by atoms with Crippen molar-refractivity contribution in [2.75, 3.05) is 6.54 Å². The molecule has 2 nitrogen and oxygen atoms in total. The lowest BCUT2D eigenvalue weighted by Gasteiger charge is -2.22. The Morgan fingerprint density at radius 2 is 1.94 bits per heavy atom. The molecule has 1 aliphatic rings. The molecule has 0 aromatic rings. The molecule has 1 N–H and O–H groups in total. The highest BCUT2D eigenvalue weighted by Gasteiger charge is 2.25. The lowest BCUT2D eigenvalue weighted by Crippen LogP contribution is -2.30. The molecule has 0 amide bonds. The van der Waals surface area contributed by atoms with Crippen LogP contribution in [0.4, 0.5) is 0 Å². The highest BCUT2D eigenvalue weighted by atomic mass is 32.2. The molecule has 106 valence electrons. The Morgan fingerprint density at radius 3 is 2.50 bits per heavy atom. The Morgan fingerprint density at radius 1 is 1.28 bits per heavy atom. The molecule has 3 heteroatoms. The van der Waals surface area contributed by atoms with Crippen molar-refractivity contribution < 1.29 is 0 Å². The predicted octanol–water partition coefficient (Wildman–Crippen LogP) is 4.31. The van der Waals surface area contributed by atoms with Gasteiger partial charge in [0.15, 0.2) is 5.17 Å². The van der Waals surface area contributed by atoms with Crippen molar-refractivity contribution >= 4 is 16.9 Å². The van der Waals surface area contributed by atoms with Crippen molar-refractivity contribution in [1.82, 2.24) is 5.32 Å². The summed E-state index contributed by atoms with van der Waals surface area (Å²) >= 11 is 1.94. The van der Waals surface area contributed by atoms with Crippen LogP contribution in [-0.2, 0) is 0 Å². The lowest BCUT2D eigenvalue weighted by molar-refractivity contribution is 0.375. The van der Waals surface area contributed by atoms with Crippen LogP contribution in [0.1, 0.15) is 60.8 Å². The number of aliphatic imine (C=N–C) groups is 1. The summed E-state index contributed by atoms with van der Waals surface area (Å²) in [6.07, 6.45) is 3.77. The van der Waals surface area contributed by atoms with Crippen LogP contribution in [0.2, 0.25) is 0 Å². The first kappa shape index (κ1) is 15.9. The maximum atomic E-state index is 4.64. The molecule has 0 radical (unpaired) electrons. The third-order valence-electron chi connectivity index (χ3n) is 3.10. The Hall–Kier alpha value is -0.180. The maximum Gasteiger partial charge on any atom is 0.157 e. The van der Waals surface area contributed by atoms with Crippen molar-refractivity contribution in [1.29, 1.82) is 0 Å². The largest absolute Gasteiger partial charge is 0.362 e. The third-order valence-corrected chi connectivity index (χ3v) is 4.22. The number of nitrogens with one attached hydrogen (secondary N) is 1. The first-order valence-electron chi connectivity index (χ1n) is 7.24. The fourth-order valence-corrected chi connectivity index (χ4v) is 3.62. The normalized spacial score (nSPS) is 22.2. The molecular formula is C15H30N2S. The minimum Gasteiger partial charge on any atom is -0.362 e. The van der Waals surface area contributed by atoms with E-state index in [4.69, 9.17) is 0 Å². The molecule has 0 aromatic carbocycles. The Bertz CT molecular complexity index is 279. The molecule has 2 unspecified atom stereocenters. The van der Waals surface area contributed by atoms with Gasteiger partial charge in [0.2, 0.25) is 0 Å². The SMILES string of the molecule is CC(C)CCC(C)NC1=NCC(CC(C)(C)C)S1. The standard InChI is InChI=1S/C15H30N2S/c1-11(2)7-8-12(3)17-14-16-10-13(18-14)9-15(4,5)6/h11-13H,7-10H2,1-6H3,(H,16,17). The van der Waals surface area contributed by atoms with Gasteiger partial charge in [0.25, 0.3) is 0 Å². The number of amidine groups is 1. The van der Waals surface area contributed by atoms with Crippen LogP contribution in [0, 0.1) is 11.3 Å². The first-order chi connectivity index (χ1) is 8.26. The van der Waals surface area contributed by atoms with Crippen molar-refractivity contribution in [2.24, 2.45) is 16.3 Å². The van der Waals surface area contributed by atoms with E-state index < -0.39 is 0 Å². The summed E-state index contributed by atoms with van der Waals surface area (Å²) < 4.78 is 0. The number of hydrogen-bond acceptors (Lipinski definition) is 3. The zero-order valence-corrected chi connectivity index (χ0v) is 13.7. The number of rotatable bonds is 5. The second-order valence-corrected chi connectivity index (χ2v) is 8.46. The minimum absolute atomic E-state index is 0.409. The molecular weight excluding hydrogens is 240 g/mol. The fraction of sp³-hybridized carbons (Fsp3) is 0.933. The smallest absolute Gasteiger partial charge is 0.157 e. The maximum absolute atomic E-state index is 4.64. The molecule has 0 aliphatic carbocycles. The van der Waals surface area contributed by atoms with E-state index >= 15 is 0 Å². The van der Waals surface area contributed by atoms with Gasteiger partial charge in [0.05, 0.1) is 6.54 Å². The number of hydrogen-bond donors (Lipinski definition) is 1. The molecule has 18 heavy (non-hydrogen) atoms. The zero-order valence-electron chi connectivity index (χ0n) is 12.9. The average molecular weight is 270 g/mol. The summed E-state index contributed by atoms with van der Waals surface area (Å²) in [5.41, 5.74) is 0.409. The van der Waals surface area contributed by atoms with E-state index in [1.807, 2.05) is 11.8 Å². The van der Waals surface area contributed by atoms with Gasteiger partial charge in [0.1, 0.15) is 0 Å². The number of thioether (sulfide) groups is 1. The first-order valence-corrected chi connectivity index (χ1v) is 8.12. The van der Waals surface area contributed by atoms with Gasteiger partial charge in [-0.25, -0.2) is 0 Å². The van der Waals surface area contributed by atoms with E-state index in [1.165, 1.54) is 24.4 Å². The second kappa shape index (κ2) is 6.83. The molecule has 1 aliphatic heterocycles. The molecule has 0 fully saturated rings. The van der Waals surface area contributed by atoms with Crippen molar-refractivity contribution in [2.45, 2.75) is 72.1 Å². The lowest BCUT2D eigenvalue weighted by atomic mass is 9.90. The highest BCUT2D eigenvalue weighted by molar-refractivity contribution is 8.14. The van der Waals surface area contributed by atoms with Crippen LogP contribution in [-0.4, -0.2) is 23.0 Å². The van der Waals surface area contributed by atoms with E-state index in [2.05, 4.69) is 51.9 Å².